The van der Waals surface area contributed by atoms with Crippen molar-refractivity contribution in [3.63, 3.8) is 0 Å². The lowest BCUT2D eigenvalue weighted by Gasteiger charge is -2.30. The van der Waals surface area contributed by atoms with Gasteiger partial charge in [0.2, 0.25) is 0 Å². The molecule has 6 heteroatoms. The quantitative estimate of drug-likeness (QED) is 0.872. The summed E-state index contributed by atoms with van der Waals surface area (Å²) in [5.74, 6) is 0.195. The van der Waals surface area contributed by atoms with Gasteiger partial charge in [0, 0.05) is 12.1 Å². The Morgan fingerprint density at radius 2 is 2.33 bits per heavy atom. The molecule has 0 saturated carbocycles. The van der Waals surface area contributed by atoms with E-state index in [0.717, 1.165) is 25.1 Å². The molecule has 100 valence electrons. The number of carbonyl (C=O) groups excluding carboxylic acids is 1. The van der Waals surface area contributed by atoms with Gasteiger partial charge < -0.3 is 10.6 Å². The first-order chi connectivity index (χ1) is 8.59. The first-order valence-electron chi connectivity index (χ1n) is 6.46. The van der Waals surface area contributed by atoms with Crippen molar-refractivity contribution in [1.82, 2.24) is 20.2 Å². The molecule has 0 aliphatic carbocycles. The number of aromatic nitrogens is 2. The Morgan fingerprint density at radius 3 is 3.00 bits per heavy atom. The van der Waals surface area contributed by atoms with E-state index in [-0.39, 0.29) is 17.9 Å². The number of hydrogen-bond acceptors (Lipinski definition) is 5. The monoisotopic (exact) mass is 268 g/mol. The second-order valence-electron chi connectivity index (χ2n) is 5.11. The smallest absolute Gasteiger partial charge is 0.265 e. The molecule has 1 amide bonds. The molecule has 0 aromatic carbocycles. The van der Waals surface area contributed by atoms with Crippen LogP contribution in [0.25, 0.3) is 0 Å². The standard InChI is InChI=1S/C12H20N4OS/c1-7(2)10-11(18-16-15-10)12(17)14-9-5-4-6-13-8(9)3/h7-9,13H,4-6H2,1-3H3,(H,14,17). The highest BCUT2D eigenvalue weighted by Crippen LogP contribution is 2.20. The molecule has 0 spiro atoms. The molecule has 0 bridgehead atoms. The van der Waals surface area contributed by atoms with Crippen LogP contribution in [0.3, 0.4) is 0 Å². The summed E-state index contributed by atoms with van der Waals surface area (Å²) < 4.78 is 3.89. The molecule has 2 unspecified atom stereocenters. The van der Waals surface area contributed by atoms with E-state index in [2.05, 4.69) is 27.1 Å². The van der Waals surface area contributed by atoms with Crippen molar-refractivity contribution in [2.75, 3.05) is 6.54 Å². The maximum Gasteiger partial charge on any atom is 0.265 e. The average Bonchev–Trinajstić information content (AvgIpc) is 2.81. The number of rotatable bonds is 3. The van der Waals surface area contributed by atoms with Crippen LogP contribution in [-0.4, -0.2) is 34.1 Å². The SMILES string of the molecule is CC(C)c1nnsc1C(=O)NC1CCCNC1C. The summed E-state index contributed by atoms with van der Waals surface area (Å²) in [5.41, 5.74) is 0.800. The number of nitrogens with one attached hydrogen (secondary N) is 2. The summed E-state index contributed by atoms with van der Waals surface area (Å²) in [7, 11) is 0. The Morgan fingerprint density at radius 1 is 1.56 bits per heavy atom. The lowest BCUT2D eigenvalue weighted by atomic mass is 9.99. The summed E-state index contributed by atoms with van der Waals surface area (Å²) in [4.78, 5) is 12.9. The Labute approximate surface area is 112 Å². The number of amides is 1. The Hall–Kier alpha value is -1.01. The maximum atomic E-state index is 12.2. The lowest BCUT2D eigenvalue weighted by Crippen LogP contribution is -2.51. The van der Waals surface area contributed by atoms with Crippen LogP contribution < -0.4 is 10.6 Å². The largest absolute Gasteiger partial charge is 0.347 e. The Kier molecular flexibility index (Phi) is 4.29. The van der Waals surface area contributed by atoms with E-state index in [9.17, 15) is 4.79 Å². The average molecular weight is 268 g/mol. The van der Waals surface area contributed by atoms with E-state index in [1.807, 2.05) is 13.8 Å². The molecule has 1 aromatic heterocycles. The molecule has 0 radical (unpaired) electrons. The highest BCUT2D eigenvalue weighted by atomic mass is 32.1. The summed E-state index contributed by atoms with van der Waals surface area (Å²) in [5, 5.41) is 10.5. The second-order valence-corrected chi connectivity index (χ2v) is 5.86. The van der Waals surface area contributed by atoms with Crippen molar-refractivity contribution in [1.29, 1.82) is 0 Å². The van der Waals surface area contributed by atoms with Gasteiger partial charge in [-0.1, -0.05) is 18.3 Å². The molecule has 1 aromatic rings. The predicted octanol–water partition coefficient (Wildman–Crippen LogP) is 1.53. The van der Waals surface area contributed by atoms with Crippen LogP contribution in [0.15, 0.2) is 0 Å². The normalized spacial score (nSPS) is 24.2. The van der Waals surface area contributed by atoms with E-state index in [4.69, 9.17) is 0 Å². The van der Waals surface area contributed by atoms with E-state index in [1.165, 1.54) is 11.5 Å². The maximum absolute atomic E-state index is 12.2. The van der Waals surface area contributed by atoms with Crippen molar-refractivity contribution in [2.45, 2.75) is 51.6 Å². The third-order valence-corrected chi connectivity index (χ3v) is 4.09. The van der Waals surface area contributed by atoms with Gasteiger partial charge in [-0.15, -0.1) is 5.10 Å². The molecule has 2 N–H and O–H groups in total. The molecule has 2 atom stereocenters. The highest BCUT2D eigenvalue weighted by Gasteiger charge is 2.25. The second kappa shape index (κ2) is 5.75. The molecule has 5 nitrogen and oxygen atoms in total. The number of piperidine rings is 1. The first kappa shape index (κ1) is 13.4. The van der Waals surface area contributed by atoms with E-state index in [1.54, 1.807) is 0 Å². The molecular weight excluding hydrogens is 248 g/mol. The van der Waals surface area contributed by atoms with Crippen LogP contribution in [0.2, 0.25) is 0 Å². The van der Waals surface area contributed by atoms with Gasteiger partial charge in [-0.05, 0) is 43.8 Å². The van der Waals surface area contributed by atoms with E-state index >= 15 is 0 Å². The highest BCUT2D eigenvalue weighted by molar-refractivity contribution is 7.08. The Bertz CT molecular complexity index is 418. The van der Waals surface area contributed by atoms with Gasteiger partial charge in [-0.2, -0.15) is 0 Å². The van der Waals surface area contributed by atoms with E-state index in [0.29, 0.717) is 10.9 Å². The van der Waals surface area contributed by atoms with Crippen LogP contribution in [0.5, 0.6) is 0 Å². The fraction of sp³-hybridized carbons (Fsp3) is 0.750. The number of nitrogens with zero attached hydrogens (tertiary/aromatic N) is 2. The molecule has 1 fully saturated rings. The minimum atomic E-state index is -0.0331. The summed E-state index contributed by atoms with van der Waals surface area (Å²) in [6.45, 7) is 7.20. The van der Waals surface area contributed by atoms with Gasteiger partial charge in [0.15, 0.2) is 0 Å². The molecule has 1 aliphatic rings. The van der Waals surface area contributed by atoms with Gasteiger partial charge in [0.1, 0.15) is 4.88 Å². The van der Waals surface area contributed by atoms with Gasteiger partial charge in [-0.25, -0.2) is 0 Å². The van der Waals surface area contributed by atoms with Crippen LogP contribution >= 0.6 is 11.5 Å². The molecule has 2 rings (SSSR count). The van der Waals surface area contributed by atoms with Gasteiger partial charge in [-0.3, -0.25) is 4.79 Å². The Balaban J connectivity index is 2.05. The summed E-state index contributed by atoms with van der Waals surface area (Å²) in [6, 6.07) is 0.527. The van der Waals surface area contributed by atoms with Crippen LogP contribution in [0, 0.1) is 0 Å². The molecule has 18 heavy (non-hydrogen) atoms. The number of hydrogen-bond donors (Lipinski definition) is 2. The van der Waals surface area contributed by atoms with Gasteiger partial charge in [0.05, 0.1) is 5.69 Å². The summed E-state index contributed by atoms with van der Waals surface area (Å²) in [6.07, 6.45) is 2.14. The molecular formula is C12H20N4OS. The number of carbonyl (C=O) groups is 1. The minimum absolute atomic E-state index is 0.0331. The first-order valence-corrected chi connectivity index (χ1v) is 7.23. The zero-order valence-electron chi connectivity index (χ0n) is 11.1. The van der Waals surface area contributed by atoms with Gasteiger partial charge in [0.25, 0.3) is 5.91 Å². The molecule has 1 saturated heterocycles. The molecule has 2 heterocycles. The third-order valence-electron chi connectivity index (χ3n) is 3.34. The zero-order chi connectivity index (χ0) is 13.1. The van der Waals surface area contributed by atoms with Crippen molar-refractivity contribution in [3.8, 4) is 0 Å². The van der Waals surface area contributed by atoms with Crippen molar-refractivity contribution >= 4 is 17.4 Å². The van der Waals surface area contributed by atoms with Crippen molar-refractivity contribution < 1.29 is 4.79 Å². The van der Waals surface area contributed by atoms with Gasteiger partial charge >= 0.3 is 0 Å². The van der Waals surface area contributed by atoms with Crippen molar-refractivity contribution in [3.05, 3.63) is 10.6 Å². The van der Waals surface area contributed by atoms with Crippen LogP contribution in [0.1, 0.15) is 54.9 Å². The van der Waals surface area contributed by atoms with Crippen LogP contribution in [-0.2, 0) is 0 Å². The topological polar surface area (TPSA) is 66.9 Å². The zero-order valence-corrected chi connectivity index (χ0v) is 11.9. The fourth-order valence-corrected chi connectivity index (χ4v) is 2.93. The van der Waals surface area contributed by atoms with Crippen LogP contribution in [0.4, 0.5) is 0 Å². The molecule has 1 aliphatic heterocycles. The minimum Gasteiger partial charge on any atom is -0.347 e. The summed E-state index contributed by atoms with van der Waals surface area (Å²) >= 11 is 1.18. The fourth-order valence-electron chi connectivity index (χ4n) is 2.21. The predicted molar refractivity (Wildman–Crippen MR) is 72.0 cm³/mol. The third kappa shape index (κ3) is 2.87. The van der Waals surface area contributed by atoms with Crippen molar-refractivity contribution in [2.24, 2.45) is 0 Å². The lowest BCUT2D eigenvalue weighted by molar-refractivity contribution is 0.0922. The van der Waals surface area contributed by atoms with E-state index < -0.39 is 0 Å².